The van der Waals surface area contributed by atoms with Crippen LogP contribution in [0.3, 0.4) is 0 Å². The summed E-state index contributed by atoms with van der Waals surface area (Å²) in [6, 6.07) is 14.7. The van der Waals surface area contributed by atoms with Gasteiger partial charge in [0.05, 0.1) is 16.5 Å². The molecule has 2 N–H and O–H groups in total. The largest absolute Gasteiger partial charge is 0.347 e. The van der Waals surface area contributed by atoms with Gasteiger partial charge in [-0.3, -0.25) is 4.79 Å². The highest BCUT2D eigenvalue weighted by atomic mass is 32.1. The van der Waals surface area contributed by atoms with Gasteiger partial charge in [-0.15, -0.1) is 11.3 Å². The van der Waals surface area contributed by atoms with Gasteiger partial charge in [0.2, 0.25) is 0 Å². The van der Waals surface area contributed by atoms with Crippen LogP contribution in [0.4, 0.5) is 0 Å². The van der Waals surface area contributed by atoms with Crippen molar-refractivity contribution in [3.63, 3.8) is 0 Å². The minimum Gasteiger partial charge on any atom is -0.347 e. The van der Waals surface area contributed by atoms with Crippen molar-refractivity contribution in [3.05, 3.63) is 46.8 Å². The Labute approximate surface area is 139 Å². The molecule has 23 heavy (non-hydrogen) atoms. The maximum atomic E-state index is 12.5. The number of hydrogen-bond acceptors (Lipinski definition) is 4. The molecule has 1 amide bonds. The van der Waals surface area contributed by atoms with Crippen LogP contribution in [0.2, 0.25) is 0 Å². The number of nitriles is 1. The average Bonchev–Trinajstić information content (AvgIpc) is 3.31. The van der Waals surface area contributed by atoms with E-state index in [1.807, 2.05) is 24.3 Å². The van der Waals surface area contributed by atoms with Crippen LogP contribution < -0.4 is 10.6 Å². The Morgan fingerprint density at radius 2 is 2.04 bits per heavy atom. The van der Waals surface area contributed by atoms with Crippen molar-refractivity contribution in [3.8, 4) is 16.5 Å². The van der Waals surface area contributed by atoms with Crippen LogP contribution in [-0.2, 0) is 0 Å². The summed E-state index contributed by atoms with van der Waals surface area (Å²) >= 11 is 1.50. The summed E-state index contributed by atoms with van der Waals surface area (Å²) in [5.74, 6) is 0.0224. The second-order valence-electron chi connectivity index (χ2n) is 6.22. The predicted octanol–water partition coefficient (Wildman–Crippen LogP) is 2.91. The van der Waals surface area contributed by atoms with Crippen molar-refractivity contribution >= 4 is 17.2 Å². The van der Waals surface area contributed by atoms with Crippen molar-refractivity contribution in [1.82, 2.24) is 10.6 Å². The smallest absolute Gasteiger partial charge is 0.261 e. The molecular formula is C18H17N3OS. The van der Waals surface area contributed by atoms with E-state index in [0.717, 1.165) is 28.2 Å². The third-order valence-corrected chi connectivity index (χ3v) is 5.88. The zero-order chi connectivity index (χ0) is 15.8. The molecule has 0 radical (unpaired) electrons. The maximum Gasteiger partial charge on any atom is 0.261 e. The van der Waals surface area contributed by atoms with Gasteiger partial charge in [-0.2, -0.15) is 5.26 Å². The van der Waals surface area contributed by atoms with Gasteiger partial charge in [-0.25, -0.2) is 0 Å². The van der Waals surface area contributed by atoms with E-state index < -0.39 is 0 Å². The SMILES string of the molecule is N#Cc1ccc(-c2ccc(C(=O)N[C@@H]3C[C@H]4CC[C@@H]3N4)s2)cc1. The molecule has 5 heteroatoms. The molecule has 4 rings (SSSR count). The molecule has 2 aliphatic heterocycles. The first-order valence-electron chi connectivity index (χ1n) is 7.90. The summed E-state index contributed by atoms with van der Waals surface area (Å²) in [5.41, 5.74) is 1.68. The topological polar surface area (TPSA) is 64.9 Å². The Morgan fingerprint density at radius 1 is 1.22 bits per heavy atom. The summed E-state index contributed by atoms with van der Waals surface area (Å²) in [7, 11) is 0. The fourth-order valence-electron chi connectivity index (χ4n) is 3.55. The third kappa shape index (κ3) is 2.76. The molecule has 4 nitrogen and oxygen atoms in total. The van der Waals surface area contributed by atoms with E-state index in [1.54, 1.807) is 12.1 Å². The molecule has 2 fully saturated rings. The lowest BCUT2D eigenvalue weighted by Crippen LogP contribution is -2.42. The van der Waals surface area contributed by atoms with E-state index in [0.29, 0.717) is 17.6 Å². The molecule has 1 aromatic carbocycles. The molecule has 2 bridgehead atoms. The number of nitrogens with one attached hydrogen (secondary N) is 2. The van der Waals surface area contributed by atoms with Crippen molar-refractivity contribution in [2.24, 2.45) is 0 Å². The van der Waals surface area contributed by atoms with E-state index in [9.17, 15) is 4.79 Å². The maximum absolute atomic E-state index is 12.5. The van der Waals surface area contributed by atoms with Gasteiger partial charge in [0.25, 0.3) is 5.91 Å². The summed E-state index contributed by atoms with van der Waals surface area (Å²) in [6.45, 7) is 0. The van der Waals surface area contributed by atoms with Crippen LogP contribution in [-0.4, -0.2) is 24.0 Å². The van der Waals surface area contributed by atoms with Crippen molar-refractivity contribution in [1.29, 1.82) is 5.26 Å². The van der Waals surface area contributed by atoms with Crippen LogP contribution in [0.15, 0.2) is 36.4 Å². The van der Waals surface area contributed by atoms with Crippen LogP contribution in [0.25, 0.3) is 10.4 Å². The van der Waals surface area contributed by atoms with Gasteiger partial charge in [-0.1, -0.05) is 12.1 Å². The highest BCUT2D eigenvalue weighted by Gasteiger charge is 2.39. The molecular weight excluding hydrogens is 306 g/mol. The molecule has 2 aliphatic rings. The highest BCUT2D eigenvalue weighted by molar-refractivity contribution is 7.17. The molecule has 3 atom stereocenters. The first kappa shape index (κ1) is 14.4. The normalized spacial score (nSPS) is 25.3. The molecule has 0 saturated carbocycles. The summed E-state index contributed by atoms with van der Waals surface area (Å²) in [4.78, 5) is 14.2. The minimum absolute atomic E-state index is 0.0224. The van der Waals surface area contributed by atoms with Gasteiger partial charge in [0.1, 0.15) is 0 Å². The zero-order valence-electron chi connectivity index (χ0n) is 12.6. The standard InChI is InChI=1S/C18H17N3OS/c19-10-11-1-3-12(4-2-11)16-7-8-17(23-16)18(22)21-15-9-13-5-6-14(15)20-13/h1-4,7-8,13-15,20H,5-6,9H2,(H,21,22)/t13-,14+,15-/m1/s1. The van der Waals surface area contributed by atoms with Gasteiger partial charge in [0, 0.05) is 23.0 Å². The van der Waals surface area contributed by atoms with E-state index in [4.69, 9.17) is 5.26 Å². The van der Waals surface area contributed by atoms with Crippen LogP contribution >= 0.6 is 11.3 Å². The number of rotatable bonds is 3. The van der Waals surface area contributed by atoms with Crippen LogP contribution in [0.5, 0.6) is 0 Å². The lowest BCUT2D eigenvalue weighted by Gasteiger charge is -2.20. The van der Waals surface area contributed by atoms with E-state index >= 15 is 0 Å². The second kappa shape index (κ2) is 5.80. The summed E-state index contributed by atoms with van der Waals surface area (Å²) in [6.07, 6.45) is 3.44. The number of thiophene rings is 1. The Balaban J connectivity index is 1.46. The second-order valence-corrected chi connectivity index (χ2v) is 7.30. The van der Waals surface area contributed by atoms with Crippen molar-refractivity contribution < 1.29 is 4.79 Å². The molecule has 3 heterocycles. The molecule has 2 aromatic rings. The Hall–Kier alpha value is -2.16. The lowest BCUT2D eigenvalue weighted by molar-refractivity contribution is 0.0935. The van der Waals surface area contributed by atoms with E-state index in [2.05, 4.69) is 16.7 Å². The van der Waals surface area contributed by atoms with Crippen molar-refractivity contribution in [2.75, 3.05) is 0 Å². The minimum atomic E-state index is 0.0224. The molecule has 116 valence electrons. The molecule has 2 saturated heterocycles. The van der Waals surface area contributed by atoms with Crippen molar-refractivity contribution in [2.45, 2.75) is 37.4 Å². The molecule has 0 spiro atoms. The lowest BCUT2D eigenvalue weighted by atomic mass is 9.95. The fraction of sp³-hybridized carbons (Fsp3) is 0.333. The number of fused-ring (bicyclic) bond motifs is 2. The summed E-state index contributed by atoms with van der Waals surface area (Å²) in [5, 5.41) is 15.6. The summed E-state index contributed by atoms with van der Waals surface area (Å²) < 4.78 is 0. The van der Waals surface area contributed by atoms with Gasteiger partial charge >= 0.3 is 0 Å². The number of carbonyl (C=O) groups excluding carboxylic acids is 1. The zero-order valence-corrected chi connectivity index (χ0v) is 13.4. The number of hydrogen-bond donors (Lipinski definition) is 2. The molecule has 0 unspecified atom stereocenters. The quantitative estimate of drug-likeness (QED) is 0.913. The number of carbonyl (C=O) groups is 1. The number of amides is 1. The van der Waals surface area contributed by atoms with E-state index in [1.165, 1.54) is 17.8 Å². The van der Waals surface area contributed by atoms with E-state index in [-0.39, 0.29) is 11.9 Å². The van der Waals surface area contributed by atoms with Crippen LogP contribution in [0.1, 0.15) is 34.5 Å². The predicted molar refractivity (Wildman–Crippen MR) is 90.3 cm³/mol. The number of benzene rings is 1. The first-order valence-corrected chi connectivity index (χ1v) is 8.72. The van der Waals surface area contributed by atoms with Crippen LogP contribution in [0, 0.1) is 11.3 Å². The number of nitrogens with zero attached hydrogens (tertiary/aromatic N) is 1. The molecule has 0 aliphatic carbocycles. The van der Waals surface area contributed by atoms with Gasteiger partial charge in [-0.05, 0) is 49.1 Å². The van der Waals surface area contributed by atoms with Gasteiger partial charge in [0.15, 0.2) is 0 Å². The Bertz CT molecular complexity index is 774. The highest BCUT2D eigenvalue weighted by Crippen LogP contribution is 2.30. The monoisotopic (exact) mass is 323 g/mol. The third-order valence-electron chi connectivity index (χ3n) is 4.74. The Kier molecular flexibility index (Phi) is 3.64. The average molecular weight is 323 g/mol. The molecule has 1 aromatic heterocycles. The fourth-order valence-corrected chi connectivity index (χ4v) is 4.46. The first-order chi connectivity index (χ1) is 11.2. The Morgan fingerprint density at radius 3 is 2.70 bits per heavy atom. The van der Waals surface area contributed by atoms with Gasteiger partial charge < -0.3 is 10.6 Å².